The highest BCUT2D eigenvalue weighted by Gasteiger charge is 2.15. The van der Waals surface area contributed by atoms with Crippen LogP contribution in [0.3, 0.4) is 0 Å². The van der Waals surface area contributed by atoms with Gasteiger partial charge in [-0.15, -0.1) is 5.10 Å². The fourth-order valence-electron chi connectivity index (χ4n) is 1.91. The molecular weight excluding hydrogens is 339 g/mol. The fourth-order valence-corrected chi connectivity index (χ4v) is 2.81. The molecule has 0 aliphatic rings. The number of ketones is 1. The highest BCUT2D eigenvalue weighted by Crippen LogP contribution is 2.21. The van der Waals surface area contributed by atoms with Gasteiger partial charge in [0.05, 0.1) is 17.0 Å². The lowest BCUT2D eigenvalue weighted by atomic mass is 10.1. The van der Waals surface area contributed by atoms with Crippen molar-refractivity contribution in [3.05, 3.63) is 64.9 Å². The van der Waals surface area contributed by atoms with E-state index in [0.29, 0.717) is 10.2 Å². The Morgan fingerprint density at radius 3 is 2.65 bits per heavy atom. The normalized spacial score (nSPS) is 10.7. The first-order valence-corrected chi connectivity index (χ1v) is 7.96. The van der Waals surface area contributed by atoms with Crippen LogP contribution in [0.4, 0.5) is 4.39 Å². The number of carbonyl (C=O) groups is 1. The minimum absolute atomic E-state index is 0.0366. The Labute approximate surface area is 140 Å². The third-order valence-electron chi connectivity index (χ3n) is 3.02. The number of hydrogen-bond donors (Lipinski definition) is 0. The minimum Gasteiger partial charge on any atom is -0.293 e. The van der Waals surface area contributed by atoms with E-state index in [4.69, 9.17) is 11.6 Å². The highest BCUT2D eigenvalue weighted by atomic mass is 35.5. The molecule has 2 aromatic carbocycles. The molecule has 0 radical (unpaired) electrons. The maximum absolute atomic E-state index is 13.6. The fraction of sp³-hybridized carbons (Fsp3) is 0.0667. The largest absolute Gasteiger partial charge is 0.293 e. The van der Waals surface area contributed by atoms with Gasteiger partial charge in [0.25, 0.3) is 0 Å². The second-order valence-corrected chi connectivity index (χ2v) is 5.92. The van der Waals surface area contributed by atoms with Crippen LogP contribution in [0.15, 0.2) is 53.7 Å². The van der Waals surface area contributed by atoms with Crippen LogP contribution in [0.5, 0.6) is 0 Å². The van der Waals surface area contributed by atoms with Gasteiger partial charge >= 0.3 is 0 Å². The number of carbonyl (C=O) groups excluding carboxylic acids is 1. The van der Waals surface area contributed by atoms with Crippen LogP contribution >= 0.6 is 23.4 Å². The molecule has 23 heavy (non-hydrogen) atoms. The van der Waals surface area contributed by atoms with Crippen molar-refractivity contribution >= 4 is 29.1 Å². The Morgan fingerprint density at radius 1 is 1.17 bits per heavy atom. The Morgan fingerprint density at radius 2 is 1.91 bits per heavy atom. The number of rotatable bonds is 5. The molecule has 0 saturated heterocycles. The first-order chi connectivity index (χ1) is 11.1. The Balaban J connectivity index is 1.75. The SMILES string of the molecule is O=C(CSc1nnnn1-c1ccc(Cl)cc1)c1ccccc1F. The molecule has 5 nitrogen and oxygen atoms in total. The van der Waals surface area contributed by atoms with Crippen LogP contribution in [0.2, 0.25) is 5.02 Å². The van der Waals surface area contributed by atoms with Gasteiger partial charge < -0.3 is 0 Å². The summed E-state index contributed by atoms with van der Waals surface area (Å²) in [6.45, 7) is 0. The van der Waals surface area contributed by atoms with Crippen LogP contribution in [-0.4, -0.2) is 31.7 Å². The average Bonchev–Trinajstić information content (AvgIpc) is 3.02. The number of aromatic nitrogens is 4. The molecule has 0 unspecified atom stereocenters. The molecule has 0 atom stereocenters. The summed E-state index contributed by atoms with van der Waals surface area (Å²) < 4.78 is 15.1. The van der Waals surface area contributed by atoms with Crippen molar-refractivity contribution in [3.8, 4) is 5.69 Å². The third kappa shape index (κ3) is 3.57. The first kappa shape index (κ1) is 15.6. The summed E-state index contributed by atoms with van der Waals surface area (Å²) in [5.74, 6) is -0.816. The van der Waals surface area contributed by atoms with E-state index in [9.17, 15) is 9.18 Å². The summed E-state index contributed by atoms with van der Waals surface area (Å²) in [5, 5.41) is 12.4. The standard InChI is InChI=1S/C15H10ClFN4OS/c16-10-5-7-11(8-6-10)21-15(18-19-20-21)23-9-14(22)12-3-1-2-4-13(12)17/h1-8H,9H2. The highest BCUT2D eigenvalue weighted by molar-refractivity contribution is 7.99. The molecule has 0 saturated carbocycles. The molecule has 8 heteroatoms. The molecular formula is C15H10ClFN4OS. The molecule has 3 aromatic rings. The molecule has 0 fully saturated rings. The number of thioether (sulfide) groups is 1. The predicted molar refractivity (Wildman–Crippen MR) is 85.6 cm³/mol. The van der Waals surface area contributed by atoms with E-state index in [0.717, 1.165) is 17.4 Å². The van der Waals surface area contributed by atoms with Gasteiger partial charge in [-0.3, -0.25) is 4.79 Å². The summed E-state index contributed by atoms with van der Waals surface area (Å²) in [6, 6.07) is 12.9. The first-order valence-electron chi connectivity index (χ1n) is 6.60. The lowest BCUT2D eigenvalue weighted by Crippen LogP contribution is -2.06. The molecule has 0 N–H and O–H groups in total. The second-order valence-electron chi connectivity index (χ2n) is 4.54. The summed E-state index contributed by atoms with van der Waals surface area (Å²) in [6.07, 6.45) is 0. The van der Waals surface area contributed by atoms with Gasteiger partial charge in [-0.2, -0.15) is 4.68 Å². The Hall–Kier alpha value is -2.25. The molecule has 0 spiro atoms. The molecule has 1 aromatic heterocycles. The summed E-state index contributed by atoms with van der Waals surface area (Å²) in [7, 11) is 0. The topological polar surface area (TPSA) is 60.7 Å². The molecule has 0 aliphatic carbocycles. The van der Waals surface area contributed by atoms with Gasteiger partial charge in [0, 0.05) is 5.02 Å². The van der Waals surface area contributed by atoms with Crippen molar-refractivity contribution in [2.75, 3.05) is 5.75 Å². The van der Waals surface area contributed by atoms with Gasteiger partial charge in [-0.25, -0.2) is 4.39 Å². The minimum atomic E-state index is -0.532. The van der Waals surface area contributed by atoms with E-state index < -0.39 is 5.82 Å². The molecule has 116 valence electrons. The van der Waals surface area contributed by atoms with E-state index in [2.05, 4.69) is 15.5 Å². The number of benzene rings is 2. The van der Waals surface area contributed by atoms with Crippen LogP contribution in [0, 0.1) is 5.82 Å². The van der Waals surface area contributed by atoms with E-state index in [1.807, 2.05) is 0 Å². The lowest BCUT2D eigenvalue weighted by Gasteiger charge is -2.04. The lowest BCUT2D eigenvalue weighted by molar-refractivity contribution is 0.101. The van der Waals surface area contributed by atoms with Crippen molar-refractivity contribution in [2.45, 2.75) is 5.16 Å². The predicted octanol–water partition coefficient (Wildman–Crippen LogP) is 3.43. The van der Waals surface area contributed by atoms with E-state index >= 15 is 0 Å². The summed E-state index contributed by atoms with van der Waals surface area (Å²) in [4.78, 5) is 12.1. The molecule has 3 rings (SSSR count). The van der Waals surface area contributed by atoms with Crippen LogP contribution < -0.4 is 0 Å². The van der Waals surface area contributed by atoms with E-state index in [1.54, 1.807) is 36.4 Å². The Bertz CT molecular complexity index is 838. The maximum Gasteiger partial charge on any atom is 0.214 e. The second kappa shape index (κ2) is 6.89. The van der Waals surface area contributed by atoms with Gasteiger partial charge in [-0.05, 0) is 46.8 Å². The summed E-state index contributed by atoms with van der Waals surface area (Å²) in [5.41, 5.74) is 0.783. The van der Waals surface area contributed by atoms with Gasteiger partial charge in [-0.1, -0.05) is 35.5 Å². The number of tetrazole rings is 1. The van der Waals surface area contributed by atoms with E-state index in [-0.39, 0.29) is 17.1 Å². The number of Topliss-reactive ketones (excluding diaryl/α,β-unsaturated/α-hetero) is 1. The Kier molecular flexibility index (Phi) is 4.68. The van der Waals surface area contributed by atoms with Crippen LogP contribution in [0.25, 0.3) is 5.69 Å². The van der Waals surface area contributed by atoms with Gasteiger partial charge in [0.1, 0.15) is 5.82 Å². The van der Waals surface area contributed by atoms with Crippen molar-refractivity contribution in [1.82, 2.24) is 20.2 Å². The van der Waals surface area contributed by atoms with Crippen LogP contribution in [0.1, 0.15) is 10.4 Å². The van der Waals surface area contributed by atoms with Crippen molar-refractivity contribution in [2.24, 2.45) is 0 Å². The average molecular weight is 349 g/mol. The van der Waals surface area contributed by atoms with Gasteiger partial charge in [0.15, 0.2) is 5.78 Å². The monoisotopic (exact) mass is 348 g/mol. The molecule has 0 amide bonds. The quantitative estimate of drug-likeness (QED) is 0.522. The third-order valence-corrected chi connectivity index (χ3v) is 4.19. The van der Waals surface area contributed by atoms with Gasteiger partial charge in [0.2, 0.25) is 5.16 Å². The molecule has 0 aliphatic heterocycles. The van der Waals surface area contributed by atoms with E-state index in [1.165, 1.54) is 16.8 Å². The summed E-state index contributed by atoms with van der Waals surface area (Å²) >= 11 is 6.99. The van der Waals surface area contributed by atoms with Crippen molar-refractivity contribution in [3.63, 3.8) is 0 Å². The number of hydrogen-bond acceptors (Lipinski definition) is 5. The smallest absolute Gasteiger partial charge is 0.214 e. The maximum atomic E-state index is 13.6. The molecule has 0 bridgehead atoms. The number of halogens is 2. The zero-order chi connectivity index (χ0) is 16.2. The van der Waals surface area contributed by atoms with Crippen molar-refractivity contribution < 1.29 is 9.18 Å². The number of nitrogens with zero attached hydrogens (tertiary/aromatic N) is 4. The zero-order valence-electron chi connectivity index (χ0n) is 11.7. The van der Waals surface area contributed by atoms with Crippen molar-refractivity contribution in [1.29, 1.82) is 0 Å². The zero-order valence-corrected chi connectivity index (χ0v) is 13.3. The molecule has 1 heterocycles. The van der Waals surface area contributed by atoms with Crippen LogP contribution in [-0.2, 0) is 0 Å².